The van der Waals surface area contributed by atoms with Crippen LogP contribution in [0.1, 0.15) is 20.7 Å². The number of aromatic nitrogens is 2. The average molecular weight is 507 g/mol. The van der Waals surface area contributed by atoms with Gasteiger partial charge in [-0.15, -0.1) is 0 Å². The van der Waals surface area contributed by atoms with Crippen LogP contribution in [0.5, 0.6) is 0 Å². The second-order valence-electron chi connectivity index (χ2n) is 6.31. The van der Waals surface area contributed by atoms with Gasteiger partial charge in [0, 0.05) is 11.9 Å². The monoisotopic (exact) mass is 506 g/mol. The Morgan fingerprint density at radius 2 is 1.97 bits per heavy atom. The van der Waals surface area contributed by atoms with E-state index >= 15 is 0 Å². The minimum absolute atomic E-state index is 0.00804. The maximum Gasteiger partial charge on any atom is 0.266 e. The fourth-order valence-electron chi connectivity index (χ4n) is 2.90. The molecule has 0 aliphatic carbocycles. The average Bonchev–Trinajstić information content (AvgIpc) is 2.92. The van der Waals surface area contributed by atoms with Crippen LogP contribution in [0.15, 0.2) is 52.0 Å². The molecule has 2 heterocycles. The van der Waals surface area contributed by atoms with Crippen molar-refractivity contribution < 1.29 is 22.4 Å². The molecule has 0 saturated carbocycles. The lowest BCUT2D eigenvalue weighted by Crippen LogP contribution is -2.20. The minimum Gasteiger partial charge on any atom is -0.365 e. The summed E-state index contributed by atoms with van der Waals surface area (Å²) in [5, 5.41) is 5.69. The molecular weight excluding hydrogens is 495 g/mol. The highest BCUT2D eigenvalue weighted by atomic mass is 79.9. The van der Waals surface area contributed by atoms with Crippen LogP contribution < -0.4 is 21.1 Å². The zero-order chi connectivity index (χ0) is 22.3. The van der Waals surface area contributed by atoms with E-state index in [9.17, 15) is 22.4 Å². The summed E-state index contributed by atoms with van der Waals surface area (Å²) in [5.74, 6) is -2.18. The Labute approximate surface area is 183 Å². The lowest BCUT2D eigenvalue weighted by atomic mass is 10.1. The normalized spacial score (nSPS) is 13.9. The number of fused-ring (bicyclic) bond motifs is 1. The number of amides is 2. The van der Waals surface area contributed by atoms with Crippen molar-refractivity contribution in [1.29, 1.82) is 0 Å². The van der Waals surface area contributed by atoms with Crippen LogP contribution in [0.25, 0.3) is 0 Å². The van der Waals surface area contributed by atoms with E-state index in [0.717, 1.165) is 6.07 Å². The summed E-state index contributed by atoms with van der Waals surface area (Å²) < 4.78 is 40.0. The molecular formula is C18H12BrFN6O4S. The number of carbonyl (C=O) groups is 2. The number of nitrogens with zero attached hydrogens (tertiary/aromatic N) is 2. The van der Waals surface area contributed by atoms with Crippen LogP contribution in [-0.2, 0) is 10.0 Å². The van der Waals surface area contributed by atoms with Crippen LogP contribution in [0.2, 0.25) is 0 Å². The summed E-state index contributed by atoms with van der Waals surface area (Å²) in [7, 11) is -3.85. The Kier molecular flexibility index (Phi) is 5.07. The Bertz CT molecular complexity index is 1370. The van der Waals surface area contributed by atoms with Crippen molar-refractivity contribution in [2.75, 3.05) is 10.6 Å². The van der Waals surface area contributed by atoms with Gasteiger partial charge < -0.3 is 16.4 Å². The number of halogens is 2. The lowest BCUT2D eigenvalue weighted by molar-refractivity contribution is 0.0980. The van der Waals surface area contributed by atoms with Gasteiger partial charge in [0.25, 0.3) is 21.8 Å². The molecule has 0 spiro atoms. The molecule has 13 heteroatoms. The third-order valence-corrected chi connectivity index (χ3v) is 6.22. The predicted octanol–water partition coefficient (Wildman–Crippen LogP) is 2.40. The van der Waals surface area contributed by atoms with Gasteiger partial charge >= 0.3 is 0 Å². The molecule has 0 radical (unpaired) electrons. The molecule has 2 aromatic carbocycles. The molecule has 0 atom stereocenters. The maximum absolute atomic E-state index is 14.0. The van der Waals surface area contributed by atoms with Crippen molar-refractivity contribution in [3.8, 4) is 0 Å². The summed E-state index contributed by atoms with van der Waals surface area (Å²) in [6.45, 7) is 0. The van der Waals surface area contributed by atoms with Gasteiger partial charge in [-0.25, -0.2) is 22.5 Å². The van der Waals surface area contributed by atoms with Gasteiger partial charge in [-0.05, 0) is 46.3 Å². The number of rotatable bonds is 5. The maximum atomic E-state index is 14.0. The third kappa shape index (κ3) is 3.92. The molecule has 0 unspecified atom stereocenters. The van der Waals surface area contributed by atoms with Gasteiger partial charge in [-0.3, -0.25) is 9.59 Å². The predicted molar refractivity (Wildman–Crippen MR) is 112 cm³/mol. The zero-order valence-corrected chi connectivity index (χ0v) is 17.7. The number of carbonyl (C=O) groups excluding carboxylic acids is 2. The number of anilines is 4. The van der Waals surface area contributed by atoms with Crippen LogP contribution in [-0.4, -0.2) is 30.2 Å². The van der Waals surface area contributed by atoms with E-state index in [1.807, 2.05) is 4.72 Å². The smallest absolute Gasteiger partial charge is 0.266 e. The molecule has 0 bridgehead atoms. The van der Waals surface area contributed by atoms with E-state index in [2.05, 4.69) is 36.5 Å². The molecule has 5 N–H and O–H groups in total. The molecule has 0 fully saturated rings. The van der Waals surface area contributed by atoms with E-state index in [0.29, 0.717) is 10.2 Å². The Hall–Kier alpha value is -3.58. The molecule has 2 amide bonds. The van der Waals surface area contributed by atoms with E-state index in [1.165, 1.54) is 36.5 Å². The summed E-state index contributed by atoms with van der Waals surface area (Å²) >= 11 is 3.27. The Balaban J connectivity index is 1.65. The van der Waals surface area contributed by atoms with Crippen molar-refractivity contribution in [2.45, 2.75) is 4.90 Å². The Morgan fingerprint density at radius 1 is 1.19 bits per heavy atom. The fourth-order valence-corrected chi connectivity index (χ4v) is 4.34. The van der Waals surface area contributed by atoms with Crippen molar-refractivity contribution in [3.63, 3.8) is 0 Å². The van der Waals surface area contributed by atoms with Gasteiger partial charge in [0.05, 0.1) is 21.3 Å². The quantitative estimate of drug-likeness (QED) is 0.410. The van der Waals surface area contributed by atoms with Crippen molar-refractivity contribution in [3.05, 3.63) is 64.0 Å². The first-order valence-electron chi connectivity index (χ1n) is 8.52. The number of hydrogen-bond donors (Lipinski definition) is 4. The van der Waals surface area contributed by atoms with Crippen molar-refractivity contribution >= 4 is 60.9 Å². The van der Waals surface area contributed by atoms with E-state index in [1.54, 1.807) is 0 Å². The molecule has 10 nitrogen and oxygen atoms in total. The van der Waals surface area contributed by atoms with Gasteiger partial charge in [0.15, 0.2) is 0 Å². The van der Waals surface area contributed by atoms with Crippen molar-refractivity contribution in [2.24, 2.45) is 5.73 Å². The van der Waals surface area contributed by atoms with Crippen LogP contribution in [0.3, 0.4) is 0 Å². The second kappa shape index (κ2) is 7.59. The molecule has 158 valence electrons. The number of nitrogens with two attached hydrogens (primary N) is 1. The van der Waals surface area contributed by atoms with Crippen molar-refractivity contribution in [1.82, 2.24) is 14.7 Å². The van der Waals surface area contributed by atoms with Crippen LogP contribution in [0, 0.1) is 5.82 Å². The number of primary amides is 1. The SMILES string of the molecule is NC(=O)c1c(F)cccc1Nc1nc(Nc2ccc3c(c2)C(=O)NS3(=O)=O)ncc1Br. The summed E-state index contributed by atoms with van der Waals surface area (Å²) in [6, 6.07) is 8.07. The highest BCUT2D eigenvalue weighted by Gasteiger charge is 2.32. The standard InChI is InChI=1S/C18H12BrFN6O4S/c19-10-7-22-18(23-8-4-5-13-9(6-8)17(28)26-31(13,29)30)25-16(10)24-12-3-1-2-11(20)14(12)15(21)27/h1-7H,(H2,21,27)(H,26,28)(H2,22,23,24,25). The van der Waals surface area contributed by atoms with Gasteiger partial charge in [-0.2, -0.15) is 4.98 Å². The fraction of sp³-hybridized carbons (Fsp3) is 0. The third-order valence-electron chi connectivity index (χ3n) is 4.25. The van der Waals surface area contributed by atoms with Gasteiger partial charge in [-0.1, -0.05) is 6.07 Å². The molecule has 4 rings (SSSR count). The highest BCUT2D eigenvalue weighted by molar-refractivity contribution is 9.10. The van der Waals surface area contributed by atoms with Crippen LogP contribution >= 0.6 is 15.9 Å². The highest BCUT2D eigenvalue weighted by Crippen LogP contribution is 2.29. The first kappa shape index (κ1) is 20.7. The number of sulfonamides is 1. The molecule has 1 aliphatic rings. The number of benzene rings is 2. The van der Waals surface area contributed by atoms with Crippen LogP contribution in [0.4, 0.5) is 27.5 Å². The molecule has 31 heavy (non-hydrogen) atoms. The second-order valence-corrected chi connectivity index (χ2v) is 8.82. The first-order valence-corrected chi connectivity index (χ1v) is 10.8. The topological polar surface area (TPSA) is 156 Å². The first-order chi connectivity index (χ1) is 14.7. The number of nitrogens with one attached hydrogen (secondary N) is 3. The summed E-state index contributed by atoms with van der Waals surface area (Å²) in [5.41, 5.74) is 5.40. The molecule has 3 aromatic rings. The van der Waals surface area contributed by atoms with E-state index in [4.69, 9.17) is 5.73 Å². The lowest BCUT2D eigenvalue weighted by Gasteiger charge is -2.13. The van der Waals surface area contributed by atoms with Gasteiger partial charge in [0.2, 0.25) is 5.95 Å². The van der Waals surface area contributed by atoms with Gasteiger partial charge in [0.1, 0.15) is 16.5 Å². The zero-order valence-electron chi connectivity index (χ0n) is 15.3. The van der Waals surface area contributed by atoms with E-state index < -0.39 is 27.7 Å². The van der Waals surface area contributed by atoms with E-state index in [-0.39, 0.29) is 33.5 Å². The molecule has 0 saturated heterocycles. The Morgan fingerprint density at radius 3 is 2.71 bits per heavy atom. The number of hydrogen-bond acceptors (Lipinski definition) is 8. The molecule has 1 aromatic heterocycles. The summed E-state index contributed by atoms with van der Waals surface area (Å²) in [6.07, 6.45) is 1.41. The molecule has 1 aliphatic heterocycles. The minimum atomic E-state index is -3.85. The largest absolute Gasteiger partial charge is 0.365 e. The summed E-state index contributed by atoms with van der Waals surface area (Å²) in [4.78, 5) is 31.7.